The summed E-state index contributed by atoms with van der Waals surface area (Å²) in [5.74, 6) is -6.38. The summed E-state index contributed by atoms with van der Waals surface area (Å²) in [6, 6.07) is 0. The van der Waals surface area contributed by atoms with Gasteiger partial charge in [-0.15, -0.1) is 0 Å². The van der Waals surface area contributed by atoms with E-state index in [1.165, 1.54) is 13.8 Å². The molecule has 2 atom stereocenters. The maximum atomic E-state index is 11.2. The van der Waals surface area contributed by atoms with Crippen LogP contribution in [0.25, 0.3) is 0 Å². The van der Waals surface area contributed by atoms with E-state index < -0.39 is 47.7 Å². The summed E-state index contributed by atoms with van der Waals surface area (Å²) in [7, 11) is 0. The minimum atomic E-state index is -1.97. The Morgan fingerprint density at radius 3 is 1.19 bits per heavy atom. The Labute approximate surface area is 184 Å². The second-order valence-corrected chi connectivity index (χ2v) is 6.86. The molecule has 0 fully saturated rings. The van der Waals surface area contributed by atoms with E-state index >= 15 is 0 Å². The zero-order chi connectivity index (χ0) is 24.4. The standard InChI is InChI=1S/C20H28O12/c1-13(21)27-9-17(31-15(3)23)11-29-19(25)5-7-20(26,8-6-19)30-12-18(32-16(4)24)10-28-14(2)22/h5-8,17-18,25-26H,9-12H2,1-4H3. The van der Waals surface area contributed by atoms with E-state index in [0.29, 0.717) is 0 Å². The fraction of sp³-hybridized carbons (Fsp3) is 0.600. The van der Waals surface area contributed by atoms with Crippen molar-refractivity contribution in [1.82, 2.24) is 0 Å². The summed E-state index contributed by atoms with van der Waals surface area (Å²) in [6.07, 6.45) is 2.38. The van der Waals surface area contributed by atoms with E-state index in [1.54, 1.807) is 0 Å². The third kappa shape index (κ3) is 11.0. The number of esters is 4. The first-order valence-corrected chi connectivity index (χ1v) is 9.57. The van der Waals surface area contributed by atoms with Crippen molar-refractivity contribution in [3.05, 3.63) is 24.3 Å². The average Bonchev–Trinajstić information content (AvgIpc) is 2.68. The van der Waals surface area contributed by atoms with Crippen molar-refractivity contribution in [2.75, 3.05) is 26.4 Å². The molecule has 0 bridgehead atoms. The van der Waals surface area contributed by atoms with E-state index in [1.807, 2.05) is 0 Å². The van der Waals surface area contributed by atoms with Crippen LogP contribution < -0.4 is 0 Å². The normalized spacial score (nSPS) is 23.7. The lowest BCUT2D eigenvalue weighted by atomic mass is 10.1. The van der Waals surface area contributed by atoms with Crippen LogP contribution in [-0.2, 0) is 47.6 Å². The van der Waals surface area contributed by atoms with Crippen LogP contribution in [0.2, 0.25) is 0 Å². The lowest BCUT2D eigenvalue weighted by molar-refractivity contribution is -0.190. The van der Waals surface area contributed by atoms with Gasteiger partial charge in [0.25, 0.3) is 0 Å². The van der Waals surface area contributed by atoms with E-state index in [9.17, 15) is 29.4 Å². The van der Waals surface area contributed by atoms with Gasteiger partial charge < -0.3 is 38.6 Å². The van der Waals surface area contributed by atoms with E-state index in [2.05, 4.69) is 0 Å². The molecule has 0 spiro atoms. The summed E-state index contributed by atoms with van der Waals surface area (Å²) in [4.78, 5) is 44.2. The fourth-order valence-electron chi connectivity index (χ4n) is 2.36. The second-order valence-electron chi connectivity index (χ2n) is 6.86. The SMILES string of the molecule is CC(=O)OCC(COC1(O)C=CC(O)(OCC(COC(C)=O)OC(C)=O)C=C1)OC(C)=O. The van der Waals surface area contributed by atoms with Crippen LogP contribution in [0.5, 0.6) is 0 Å². The van der Waals surface area contributed by atoms with Crippen LogP contribution in [0.4, 0.5) is 0 Å². The molecule has 0 saturated heterocycles. The van der Waals surface area contributed by atoms with Crippen molar-refractivity contribution in [2.45, 2.75) is 51.5 Å². The molecule has 0 amide bonds. The number of rotatable bonds is 12. The molecule has 180 valence electrons. The molecule has 32 heavy (non-hydrogen) atoms. The minimum Gasteiger partial charge on any atom is -0.462 e. The minimum absolute atomic E-state index is 0.272. The van der Waals surface area contributed by atoms with E-state index in [-0.39, 0.29) is 26.4 Å². The molecule has 12 heteroatoms. The average molecular weight is 460 g/mol. The molecular weight excluding hydrogens is 432 g/mol. The molecule has 1 aliphatic rings. The molecule has 0 aromatic heterocycles. The van der Waals surface area contributed by atoms with Crippen LogP contribution in [0, 0.1) is 0 Å². The molecule has 1 rings (SSSR count). The Balaban J connectivity index is 2.67. The van der Waals surface area contributed by atoms with Gasteiger partial charge in [0, 0.05) is 27.7 Å². The highest BCUT2D eigenvalue weighted by Crippen LogP contribution is 2.25. The first-order chi connectivity index (χ1) is 14.8. The number of carbonyl (C=O) groups excluding carboxylic acids is 4. The largest absolute Gasteiger partial charge is 0.462 e. The smallest absolute Gasteiger partial charge is 0.303 e. The fourth-order valence-corrected chi connectivity index (χ4v) is 2.36. The molecule has 2 unspecified atom stereocenters. The lowest BCUT2D eigenvalue weighted by Crippen LogP contribution is -2.41. The Bertz CT molecular complexity index is 667. The van der Waals surface area contributed by atoms with E-state index in [4.69, 9.17) is 28.4 Å². The van der Waals surface area contributed by atoms with Crippen molar-refractivity contribution in [3.8, 4) is 0 Å². The molecule has 1 aliphatic carbocycles. The highest BCUT2D eigenvalue weighted by molar-refractivity contribution is 5.67. The maximum absolute atomic E-state index is 11.2. The maximum Gasteiger partial charge on any atom is 0.303 e. The van der Waals surface area contributed by atoms with Crippen molar-refractivity contribution in [3.63, 3.8) is 0 Å². The zero-order valence-electron chi connectivity index (χ0n) is 18.3. The highest BCUT2D eigenvalue weighted by atomic mass is 16.7. The second kappa shape index (κ2) is 12.3. The van der Waals surface area contributed by atoms with Gasteiger partial charge in [-0.25, -0.2) is 0 Å². The highest BCUT2D eigenvalue weighted by Gasteiger charge is 2.34. The summed E-state index contributed by atoms with van der Waals surface area (Å²) in [6.45, 7) is 3.50. The Morgan fingerprint density at radius 1 is 0.625 bits per heavy atom. The third-order valence-corrected chi connectivity index (χ3v) is 3.73. The van der Waals surface area contributed by atoms with Crippen LogP contribution >= 0.6 is 0 Å². The number of hydrogen-bond donors (Lipinski definition) is 2. The van der Waals surface area contributed by atoms with Gasteiger partial charge in [-0.3, -0.25) is 19.2 Å². The number of aliphatic hydroxyl groups is 2. The molecule has 0 saturated carbocycles. The van der Waals surface area contributed by atoms with Gasteiger partial charge in [-0.2, -0.15) is 0 Å². The summed E-state index contributed by atoms with van der Waals surface area (Å²) >= 11 is 0. The van der Waals surface area contributed by atoms with Crippen LogP contribution in [-0.4, -0.2) is 84.3 Å². The summed E-state index contributed by atoms with van der Waals surface area (Å²) in [5, 5.41) is 20.9. The Kier molecular flexibility index (Phi) is 10.5. The third-order valence-electron chi connectivity index (χ3n) is 3.73. The predicted octanol–water partition coefficient (Wildman–Crippen LogP) is -0.488. The topological polar surface area (TPSA) is 164 Å². The van der Waals surface area contributed by atoms with Crippen LogP contribution in [0.3, 0.4) is 0 Å². The summed E-state index contributed by atoms with van der Waals surface area (Å²) < 4.78 is 30.1. The predicted molar refractivity (Wildman–Crippen MR) is 104 cm³/mol. The monoisotopic (exact) mass is 460 g/mol. The molecule has 0 radical (unpaired) electrons. The van der Waals surface area contributed by atoms with Gasteiger partial charge in [-0.1, -0.05) is 0 Å². The van der Waals surface area contributed by atoms with Crippen molar-refractivity contribution < 1.29 is 57.8 Å². The quantitative estimate of drug-likeness (QED) is 0.166. The molecule has 0 aromatic rings. The van der Waals surface area contributed by atoms with Gasteiger partial charge in [-0.05, 0) is 24.3 Å². The molecule has 0 aliphatic heterocycles. The Morgan fingerprint density at radius 2 is 0.938 bits per heavy atom. The molecule has 12 nitrogen and oxygen atoms in total. The molecule has 2 N–H and O–H groups in total. The molecular formula is C20H28O12. The van der Waals surface area contributed by atoms with Gasteiger partial charge in [0.1, 0.15) is 13.2 Å². The summed E-state index contributed by atoms with van der Waals surface area (Å²) in [5.41, 5.74) is 0. The van der Waals surface area contributed by atoms with Gasteiger partial charge in [0.2, 0.25) is 11.6 Å². The first-order valence-electron chi connectivity index (χ1n) is 9.57. The van der Waals surface area contributed by atoms with E-state index in [0.717, 1.165) is 38.2 Å². The first kappa shape index (κ1) is 27.2. The van der Waals surface area contributed by atoms with Crippen molar-refractivity contribution in [1.29, 1.82) is 0 Å². The van der Waals surface area contributed by atoms with Crippen LogP contribution in [0.15, 0.2) is 24.3 Å². The number of hydrogen-bond acceptors (Lipinski definition) is 12. The molecule has 0 aromatic carbocycles. The van der Waals surface area contributed by atoms with Crippen LogP contribution in [0.1, 0.15) is 27.7 Å². The van der Waals surface area contributed by atoms with Crippen molar-refractivity contribution >= 4 is 23.9 Å². The number of carbonyl (C=O) groups is 4. The van der Waals surface area contributed by atoms with Crippen molar-refractivity contribution in [2.24, 2.45) is 0 Å². The zero-order valence-corrected chi connectivity index (χ0v) is 18.3. The number of ether oxygens (including phenoxy) is 6. The lowest BCUT2D eigenvalue weighted by Gasteiger charge is -2.32. The van der Waals surface area contributed by atoms with Gasteiger partial charge >= 0.3 is 23.9 Å². The molecule has 0 heterocycles. The Hall–Kier alpha value is -2.80. The van der Waals surface area contributed by atoms with Gasteiger partial charge in [0.05, 0.1) is 13.2 Å². The van der Waals surface area contributed by atoms with Gasteiger partial charge in [0.15, 0.2) is 12.2 Å².